The highest BCUT2D eigenvalue weighted by Gasteiger charge is 2.39. The van der Waals surface area contributed by atoms with E-state index >= 15 is 0 Å². The molecule has 35 heavy (non-hydrogen) atoms. The molecule has 0 heterocycles. The molecule has 2 aromatic carbocycles. The third-order valence-corrected chi connectivity index (χ3v) is 6.98. The van der Waals surface area contributed by atoms with Crippen LogP contribution in [0.5, 0.6) is 0 Å². The largest absolute Gasteiger partial charge is 0.390 e. The van der Waals surface area contributed by atoms with Crippen LogP contribution in [0.1, 0.15) is 62.0 Å². The van der Waals surface area contributed by atoms with Gasteiger partial charge in [-0.25, -0.2) is 4.79 Å². The number of nitrogens with zero attached hydrogens (tertiary/aromatic N) is 1. The first-order valence-corrected chi connectivity index (χ1v) is 12.3. The number of rotatable bonds is 8. The molecule has 4 rings (SSSR count). The molecule has 2 saturated carbocycles. The second kappa shape index (κ2) is 10.7. The van der Waals surface area contributed by atoms with Gasteiger partial charge in [0, 0.05) is 24.2 Å². The zero-order valence-corrected chi connectivity index (χ0v) is 19.9. The Bertz CT molecular complexity index is 1030. The van der Waals surface area contributed by atoms with Gasteiger partial charge in [-0.05, 0) is 61.9 Å². The van der Waals surface area contributed by atoms with Crippen LogP contribution in [0.25, 0.3) is 0 Å². The minimum absolute atomic E-state index is 0.0127. The highest BCUT2D eigenvalue weighted by Crippen LogP contribution is 2.48. The Morgan fingerprint density at radius 2 is 1.77 bits per heavy atom. The summed E-state index contributed by atoms with van der Waals surface area (Å²) in [5, 5.41) is 5.68. The molecule has 5 nitrogen and oxygen atoms in total. The fourth-order valence-corrected chi connectivity index (χ4v) is 4.94. The number of urea groups is 1. The highest BCUT2D eigenvalue weighted by atomic mass is 19.4. The number of aldehydes is 1. The zero-order chi connectivity index (χ0) is 25.0. The third kappa shape index (κ3) is 6.77. The normalized spacial score (nSPS) is 20.2. The van der Waals surface area contributed by atoms with Gasteiger partial charge in [0.05, 0.1) is 17.8 Å². The molecule has 2 aromatic rings. The second-order valence-corrected chi connectivity index (χ2v) is 9.71. The lowest BCUT2D eigenvalue weighted by molar-refractivity contribution is -0.132. The van der Waals surface area contributed by atoms with Gasteiger partial charge in [-0.1, -0.05) is 43.0 Å². The van der Waals surface area contributed by atoms with Crippen molar-refractivity contribution in [2.24, 2.45) is 5.92 Å². The average molecular weight is 488 g/mol. The Hall–Kier alpha value is -3.03. The summed E-state index contributed by atoms with van der Waals surface area (Å²) in [6, 6.07) is 12.4. The molecule has 0 spiro atoms. The maximum Gasteiger partial charge on any atom is 0.390 e. The van der Waals surface area contributed by atoms with Crippen LogP contribution in [-0.4, -0.2) is 31.1 Å². The molecular weight excluding hydrogens is 455 g/mol. The van der Waals surface area contributed by atoms with E-state index in [4.69, 9.17) is 0 Å². The smallest absolute Gasteiger partial charge is 0.367 e. The van der Waals surface area contributed by atoms with Crippen molar-refractivity contribution in [1.82, 2.24) is 0 Å². The van der Waals surface area contributed by atoms with Crippen molar-refractivity contribution in [2.75, 3.05) is 22.1 Å². The number of hydrogen-bond acceptors (Lipinski definition) is 3. The maximum absolute atomic E-state index is 13.2. The molecular formula is C27H32F3N3O2. The molecule has 0 unspecified atom stereocenters. The summed E-state index contributed by atoms with van der Waals surface area (Å²) < 4.78 is 39.6. The Balaban J connectivity index is 1.62. The summed E-state index contributed by atoms with van der Waals surface area (Å²) in [5.41, 5.74) is 3.66. The number of amides is 2. The van der Waals surface area contributed by atoms with Crippen molar-refractivity contribution < 1.29 is 22.8 Å². The van der Waals surface area contributed by atoms with Gasteiger partial charge >= 0.3 is 12.2 Å². The van der Waals surface area contributed by atoms with Crippen LogP contribution >= 0.6 is 0 Å². The lowest BCUT2D eigenvalue weighted by Gasteiger charge is -2.37. The molecule has 0 aliphatic heterocycles. The van der Waals surface area contributed by atoms with Gasteiger partial charge in [0.2, 0.25) is 0 Å². The molecule has 2 fully saturated rings. The lowest BCUT2D eigenvalue weighted by atomic mass is 9.93. The van der Waals surface area contributed by atoms with E-state index in [1.165, 1.54) is 0 Å². The first kappa shape index (κ1) is 25.1. The summed E-state index contributed by atoms with van der Waals surface area (Å²) in [4.78, 5) is 25.9. The first-order chi connectivity index (χ1) is 16.7. The molecule has 2 N–H and O–H groups in total. The number of carbonyl (C=O) groups is 2. The van der Waals surface area contributed by atoms with Gasteiger partial charge in [0.1, 0.15) is 6.29 Å². The van der Waals surface area contributed by atoms with Crippen molar-refractivity contribution in [1.29, 1.82) is 0 Å². The van der Waals surface area contributed by atoms with Crippen LogP contribution < -0.4 is 15.5 Å². The van der Waals surface area contributed by atoms with Crippen molar-refractivity contribution >= 4 is 29.4 Å². The fourth-order valence-electron chi connectivity index (χ4n) is 4.94. The number of aryl methyl sites for hydroxylation is 1. The fraction of sp³-hybridized carbons (Fsp3) is 0.481. The van der Waals surface area contributed by atoms with Crippen LogP contribution in [0.3, 0.4) is 0 Å². The Morgan fingerprint density at radius 3 is 2.40 bits per heavy atom. The average Bonchev–Trinajstić information content (AvgIpc) is 3.61. The van der Waals surface area contributed by atoms with Gasteiger partial charge in [0.25, 0.3) is 0 Å². The molecule has 2 aliphatic carbocycles. The number of nitrogens with one attached hydrogen (secondary N) is 2. The summed E-state index contributed by atoms with van der Waals surface area (Å²) in [7, 11) is 0. The van der Waals surface area contributed by atoms with E-state index in [2.05, 4.69) is 10.6 Å². The Morgan fingerprint density at radius 1 is 1.06 bits per heavy atom. The van der Waals surface area contributed by atoms with E-state index in [1.54, 1.807) is 12.1 Å². The van der Waals surface area contributed by atoms with Crippen molar-refractivity contribution in [3.63, 3.8) is 0 Å². The number of alkyl halides is 3. The van der Waals surface area contributed by atoms with E-state index in [9.17, 15) is 22.8 Å². The minimum Gasteiger partial charge on any atom is -0.367 e. The first-order valence-electron chi connectivity index (χ1n) is 12.3. The number of hydrogen-bond donors (Lipinski definition) is 2. The summed E-state index contributed by atoms with van der Waals surface area (Å²) in [6.07, 6.45) is 1.18. The number of carbonyl (C=O) groups excluding carboxylic acids is 2. The molecule has 188 valence electrons. The number of halogens is 3. The summed E-state index contributed by atoms with van der Waals surface area (Å²) in [6.45, 7) is 1.79. The molecule has 0 radical (unpaired) electrons. The van der Waals surface area contributed by atoms with Crippen molar-refractivity contribution in [3.8, 4) is 0 Å². The molecule has 0 bridgehead atoms. The van der Waals surface area contributed by atoms with Crippen LogP contribution in [0.2, 0.25) is 0 Å². The van der Waals surface area contributed by atoms with Crippen LogP contribution in [0.4, 0.5) is 35.0 Å². The van der Waals surface area contributed by atoms with E-state index in [0.29, 0.717) is 17.1 Å². The summed E-state index contributed by atoms with van der Waals surface area (Å²) >= 11 is 0. The third-order valence-electron chi connectivity index (χ3n) is 6.98. The van der Waals surface area contributed by atoms with E-state index in [1.807, 2.05) is 42.2 Å². The Labute approximate surface area is 204 Å². The maximum atomic E-state index is 13.2. The Kier molecular flexibility index (Phi) is 7.67. The molecule has 2 amide bonds. The predicted molar refractivity (Wildman–Crippen MR) is 132 cm³/mol. The van der Waals surface area contributed by atoms with Gasteiger partial charge < -0.3 is 20.3 Å². The van der Waals surface area contributed by atoms with Crippen molar-refractivity contribution in [3.05, 3.63) is 53.6 Å². The number of anilines is 3. The van der Waals surface area contributed by atoms with E-state index < -0.39 is 18.6 Å². The van der Waals surface area contributed by atoms with Crippen molar-refractivity contribution in [2.45, 2.75) is 70.0 Å². The highest BCUT2D eigenvalue weighted by molar-refractivity contribution is 6.02. The monoisotopic (exact) mass is 487 g/mol. The summed E-state index contributed by atoms with van der Waals surface area (Å²) in [5.74, 6) is 0.0373. The predicted octanol–water partition coefficient (Wildman–Crippen LogP) is 7.03. The SMILES string of the molecule is Cc1ccc(NC(=O)Nc2cc([C@@H]3C[C@@H]3C=O)ccc2N(CCC(F)(F)F)C2CCCCC2)cc1. The molecule has 2 aliphatic rings. The number of benzene rings is 2. The quantitative estimate of drug-likeness (QED) is 0.393. The van der Waals surface area contributed by atoms with Gasteiger partial charge in [-0.3, -0.25) is 0 Å². The minimum atomic E-state index is -4.27. The van der Waals surface area contributed by atoms with Crippen LogP contribution in [0, 0.1) is 12.8 Å². The molecule has 0 aromatic heterocycles. The molecule has 2 atom stereocenters. The topological polar surface area (TPSA) is 61.4 Å². The second-order valence-electron chi connectivity index (χ2n) is 9.71. The lowest BCUT2D eigenvalue weighted by Crippen LogP contribution is -2.39. The van der Waals surface area contributed by atoms with Gasteiger partial charge in [-0.15, -0.1) is 0 Å². The zero-order valence-electron chi connectivity index (χ0n) is 19.9. The van der Waals surface area contributed by atoms with E-state index in [-0.39, 0.29) is 24.4 Å². The standard InChI is InChI=1S/C27H32F3N3O2/c1-18-7-10-21(11-8-18)31-26(35)32-24-16-19(23-15-20(23)17-34)9-12-25(24)33(14-13-27(28,29)30)22-5-3-2-4-6-22/h7-12,16-17,20,22-23H,2-6,13-15H2,1H3,(H2,31,32,35)/t20-,23+/m1/s1. The molecule has 0 saturated heterocycles. The molecule has 8 heteroatoms. The van der Waals surface area contributed by atoms with Crippen LogP contribution in [-0.2, 0) is 4.79 Å². The van der Waals surface area contributed by atoms with E-state index in [0.717, 1.165) is 55.9 Å². The van der Waals surface area contributed by atoms with Gasteiger partial charge in [0.15, 0.2) is 0 Å². The van der Waals surface area contributed by atoms with Gasteiger partial charge in [-0.2, -0.15) is 13.2 Å². The van der Waals surface area contributed by atoms with Crippen LogP contribution in [0.15, 0.2) is 42.5 Å².